The fourth-order valence-corrected chi connectivity index (χ4v) is 4.30. The molecular weight excluding hydrogens is 525 g/mol. The van der Waals surface area contributed by atoms with Crippen molar-refractivity contribution in [1.29, 1.82) is 0 Å². The summed E-state index contributed by atoms with van der Waals surface area (Å²) < 4.78 is 39.6. The lowest BCUT2D eigenvalue weighted by Crippen LogP contribution is -2.43. The van der Waals surface area contributed by atoms with Gasteiger partial charge in [0.1, 0.15) is 5.75 Å². The van der Waals surface area contributed by atoms with E-state index in [0.717, 1.165) is 11.6 Å². The number of urea groups is 1. The van der Waals surface area contributed by atoms with Crippen LogP contribution in [0.25, 0.3) is 0 Å². The lowest BCUT2D eigenvalue weighted by molar-refractivity contribution is -0.138. The van der Waals surface area contributed by atoms with Crippen molar-refractivity contribution in [2.45, 2.75) is 51.1 Å². The number of β-amino-alcohol motifs (C(OH)–C–C–N with tert-alkyl or cyclic N) is 1. The zero-order valence-corrected chi connectivity index (χ0v) is 22.2. The number of phenols is 1. The predicted molar refractivity (Wildman–Crippen MR) is 145 cm³/mol. The van der Waals surface area contributed by atoms with Crippen LogP contribution in [0.1, 0.15) is 47.8 Å². The highest BCUT2D eigenvalue weighted by Crippen LogP contribution is 2.32. The smallest absolute Gasteiger partial charge is 0.416 e. The fraction of sp³-hybridized carbons (Fsp3) is 0.310. The maximum absolute atomic E-state index is 13.2. The average Bonchev–Trinajstić information content (AvgIpc) is 2.87. The van der Waals surface area contributed by atoms with Gasteiger partial charge in [0.25, 0.3) is 0 Å². The molecule has 0 radical (unpaired) electrons. The summed E-state index contributed by atoms with van der Waals surface area (Å²) >= 11 is 0. The van der Waals surface area contributed by atoms with Crippen LogP contribution in [0.3, 0.4) is 0 Å². The Labute approximate surface area is 230 Å². The highest BCUT2D eigenvalue weighted by molar-refractivity contribution is 5.89. The molecule has 0 aliphatic carbocycles. The first-order valence-corrected chi connectivity index (χ1v) is 12.6. The number of hydrogen-bond donors (Lipinski definition) is 6. The van der Waals surface area contributed by atoms with Crippen LogP contribution in [0.2, 0.25) is 0 Å². The van der Waals surface area contributed by atoms with E-state index in [2.05, 4.69) is 16.0 Å². The summed E-state index contributed by atoms with van der Waals surface area (Å²) in [7, 11) is 0. The highest BCUT2D eigenvalue weighted by Gasteiger charge is 2.32. The quantitative estimate of drug-likeness (QED) is 0.194. The molecular formula is C29H33F3N4O4. The number of primary amides is 1. The van der Waals surface area contributed by atoms with Crippen LogP contribution in [-0.2, 0) is 30.4 Å². The topological polar surface area (TPSA) is 137 Å². The molecule has 3 aromatic carbocycles. The SMILES string of the molecule is CC(C)(Cc1cccc(CC(=O)NCc2ccccc2C(F)(F)F)c1)NCC(O)c1ccc(O)c(NC(N)=O)c1. The normalized spacial score (nSPS) is 12.6. The molecule has 214 valence electrons. The third-order valence-electron chi connectivity index (χ3n) is 6.24. The third kappa shape index (κ3) is 8.99. The van der Waals surface area contributed by atoms with Gasteiger partial charge in [-0.25, -0.2) is 4.79 Å². The van der Waals surface area contributed by atoms with Gasteiger partial charge in [-0.15, -0.1) is 0 Å². The van der Waals surface area contributed by atoms with Gasteiger partial charge in [-0.1, -0.05) is 48.5 Å². The molecule has 0 fully saturated rings. The van der Waals surface area contributed by atoms with Gasteiger partial charge in [0.2, 0.25) is 5.91 Å². The third-order valence-corrected chi connectivity index (χ3v) is 6.24. The Morgan fingerprint density at radius 3 is 2.38 bits per heavy atom. The Hall–Kier alpha value is -4.09. The van der Waals surface area contributed by atoms with E-state index >= 15 is 0 Å². The Balaban J connectivity index is 1.56. The van der Waals surface area contributed by atoms with E-state index in [1.54, 1.807) is 6.07 Å². The van der Waals surface area contributed by atoms with Crippen LogP contribution in [0.15, 0.2) is 66.7 Å². The Bertz CT molecular complexity index is 1340. The van der Waals surface area contributed by atoms with Crippen molar-refractivity contribution >= 4 is 17.6 Å². The molecule has 8 nitrogen and oxygen atoms in total. The average molecular weight is 559 g/mol. The lowest BCUT2D eigenvalue weighted by Gasteiger charge is -2.28. The number of anilines is 1. The summed E-state index contributed by atoms with van der Waals surface area (Å²) in [5.74, 6) is -0.573. The summed E-state index contributed by atoms with van der Waals surface area (Å²) in [5.41, 5.74) is 6.08. The summed E-state index contributed by atoms with van der Waals surface area (Å²) in [6.45, 7) is 3.85. The molecule has 0 aromatic heterocycles. The number of amides is 3. The molecule has 1 unspecified atom stereocenters. The van der Waals surface area contributed by atoms with Gasteiger partial charge in [0.15, 0.2) is 0 Å². The van der Waals surface area contributed by atoms with Gasteiger partial charge < -0.3 is 31.9 Å². The second-order valence-electron chi connectivity index (χ2n) is 10.2. The van der Waals surface area contributed by atoms with Crippen LogP contribution in [-0.4, -0.2) is 34.2 Å². The van der Waals surface area contributed by atoms with Crippen LogP contribution in [0.4, 0.5) is 23.7 Å². The van der Waals surface area contributed by atoms with E-state index in [1.807, 2.05) is 32.0 Å². The predicted octanol–water partition coefficient (Wildman–Crippen LogP) is 4.40. The second kappa shape index (κ2) is 12.8. The van der Waals surface area contributed by atoms with Gasteiger partial charge in [-0.2, -0.15) is 13.2 Å². The number of aromatic hydroxyl groups is 1. The van der Waals surface area contributed by atoms with Crippen molar-refractivity contribution in [3.8, 4) is 5.75 Å². The van der Waals surface area contributed by atoms with Crippen molar-refractivity contribution in [2.24, 2.45) is 5.73 Å². The minimum atomic E-state index is -4.50. The van der Waals surface area contributed by atoms with E-state index < -0.39 is 35.3 Å². The zero-order valence-electron chi connectivity index (χ0n) is 22.2. The maximum atomic E-state index is 13.2. The molecule has 0 aliphatic rings. The Morgan fingerprint density at radius 1 is 0.975 bits per heavy atom. The molecule has 0 saturated carbocycles. The van der Waals surface area contributed by atoms with Gasteiger partial charge in [-0.05, 0) is 60.7 Å². The minimum absolute atomic E-state index is 0.000211. The van der Waals surface area contributed by atoms with E-state index in [-0.39, 0.29) is 36.5 Å². The number of halogens is 3. The fourth-order valence-electron chi connectivity index (χ4n) is 4.30. The molecule has 3 rings (SSSR count). The number of carbonyl (C=O) groups is 2. The molecule has 0 spiro atoms. The van der Waals surface area contributed by atoms with E-state index in [4.69, 9.17) is 5.73 Å². The number of aliphatic hydroxyl groups is 1. The van der Waals surface area contributed by atoms with E-state index in [9.17, 15) is 33.0 Å². The number of nitrogens with two attached hydrogens (primary N) is 1. The largest absolute Gasteiger partial charge is 0.506 e. The molecule has 0 heterocycles. The number of hydrogen-bond acceptors (Lipinski definition) is 5. The summed E-state index contributed by atoms with van der Waals surface area (Å²) in [6, 6.07) is 16.0. The molecule has 0 saturated heterocycles. The first-order chi connectivity index (χ1) is 18.7. The van der Waals surface area contributed by atoms with Crippen molar-refractivity contribution in [1.82, 2.24) is 10.6 Å². The number of nitrogens with one attached hydrogen (secondary N) is 3. The number of benzene rings is 3. The summed E-state index contributed by atoms with van der Waals surface area (Å²) in [6.07, 6.45) is -4.87. The van der Waals surface area contributed by atoms with Gasteiger partial charge >= 0.3 is 12.2 Å². The first kappa shape index (κ1) is 30.5. The van der Waals surface area contributed by atoms with Crippen molar-refractivity contribution in [3.05, 3.63) is 94.5 Å². The Kier molecular flexibility index (Phi) is 9.78. The molecule has 7 N–H and O–H groups in total. The molecule has 0 aliphatic heterocycles. The van der Waals surface area contributed by atoms with E-state index in [0.29, 0.717) is 17.5 Å². The highest BCUT2D eigenvalue weighted by atomic mass is 19.4. The van der Waals surface area contributed by atoms with Crippen molar-refractivity contribution in [2.75, 3.05) is 11.9 Å². The van der Waals surface area contributed by atoms with Gasteiger partial charge in [-0.3, -0.25) is 4.79 Å². The van der Waals surface area contributed by atoms with Crippen LogP contribution in [0, 0.1) is 0 Å². The number of phenolic OH excluding ortho intramolecular Hbond substituents is 1. The lowest BCUT2D eigenvalue weighted by atomic mass is 9.93. The van der Waals surface area contributed by atoms with Crippen molar-refractivity contribution in [3.63, 3.8) is 0 Å². The molecule has 1 atom stereocenters. The standard InChI is InChI=1S/C29H33F3N4O4/c1-28(2,35-17-25(38)20-10-11-24(37)23(14-20)36-27(33)40)15-19-7-5-6-18(12-19)13-26(39)34-16-21-8-3-4-9-22(21)29(30,31)32/h3-12,14,25,35,37-38H,13,15-17H2,1-2H3,(H,34,39)(H3,33,36,40). The minimum Gasteiger partial charge on any atom is -0.506 e. The van der Waals surface area contributed by atoms with Gasteiger partial charge in [0.05, 0.1) is 23.8 Å². The number of aliphatic hydroxyl groups excluding tert-OH is 1. The summed E-state index contributed by atoms with van der Waals surface area (Å²) in [4.78, 5) is 23.6. The van der Waals surface area contributed by atoms with E-state index in [1.165, 1.54) is 36.4 Å². The molecule has 3 amide bonds. The molecule has 40 heavy (non-hydrogen) atoms. The number of carbonyl (C=O) groups excluding carboxylic acids is 2. The first-order valence-electron chi connectivity index (χ1n) is 12.6. The number of rotatable bonds is 11. The Morgan fingerprint density at radius 2 is 1.68 bits per heavy atom. The monoisotopic (exact) mass is 558 g/mol. The second-order valence-corrected chi connectivity index (χ2v) is 10.2. The van der Waals surface area contributed by atoms with Gasteiger partial charge in [0, 0.05) is 18.6 Å². The molecule has 11 heteroatoms. The molecule has 3 aromatic rings. The molecule has 0 bridgehead atoms. The van der Waals surface area contributed by atoms with Crippen molar-refractivity contribution < 1.29 is 33.0 Å². The van der Waals surface area contributed by atoms with Crippen LogP contribution in [0.5, 0.6) is 5.75 Å². The zero-order chi connectivity index (χ0) is 29.5. The number of alkyl halides is 3. The van der Waals surface area contributed by atoms with Crippen LogP contribution < -0.4 is 21.7 Å². The van der Waals surface area contributed by atoms with Crippen LogP contribution >= 0.6 is 0 Å². The summed E-state index contributed by atoms with van der Waals surface area (Å²) in [5, 5.41) is 28.7. The maximum Gasteiger partial charge on any atom is 0.416 e.